The molecule has 5 nitrogen and oxygen atoms in total. The summed E-state index contributed by atoms with van der Waals surface area (Å²) in [5.74, 6) is 0.783. The van der Waals surface area contributed by atoms with Gasteiger partial charge in [-0.2, -0.15) is 5.10 Å². The van der Waals surface area contributed by atoms with E-state index < -0.39 is 0 Å². The second kappa shape index (κ2) is 7.69. The molecule has 0 unspecified atom stereocenters. The van der Waals surface area contributed by atoms with E-state index in [0.717, 1.165) is 29.6 Å². The van der Waals surface area contributed by atoms with Crippen LogP contribution in [0.3, 0.4) is 0 Å². The Labute approximate surface area is 130 Å². The van der Waals surface area contributed by atoms with Crippen LogP contribution < -0.4 is 10.6 Å². The Hall–Kier alpha value is -2.01. The molecule has 1 aromatic carbocycles. The van der Waals surface area contributed by atoms with Gasteiger partial charge in [0.25, 0.3) is 0 Å². The molecule has 21 heavy (non-hydrogen) atoms. The number of nitrogens with zero attached hydrogens (tertiary/aromatic N) is 3. The van der Waals surface area contributed by atoms with Gasteiger partial charge in [-0.1, -0.05) is 23.7 Å². The zero-order valence-corrected chi connectivity index (χ0v) is 13.1. The van der Waals surface area contributed by atoms with Gasteiger partial charge in [-0.05, 0) is 30.2 Å². The van der Waals surface area contributed by atoms with Crippen LogP contribution >= 0.6 is 11.6 Å². The van der Waals surface area contributed by atoms with Crippen molar-refractivity contribution in [2.45, 2.75) is 13.0 Å². The minimum Gasteiger partial charge on any atom is -0.356 e. The summed E-state index contributed by atoms with van der Waals surface area (Å²) in [7, 11) is 3.69. The van der Waals surface area contributed by atoms with E-state index in [9.17, 15) is 0 Å². The summed E-state index contributed by atoms with van der Waals surface area (Å²) < 4.78 is 1.84. The lowest BCUT2D eigenvalue weighted by Crippen LogP contribution is -2.38. The number of aromatic nitrogens is 2. The first-order valence-corrected chi connectivity index (χ1v) is 7.22. The van der Waals surface area contributed by atoms with Crippen molar-refractivity contribution in [1.82, 2.24) is 20.4 Å². The fourth-order valence-electron chi connectivity index (χ4n) is 1.95. The first-order valence-electron chi connectivity index (χ1n) is 6.85. The molecule has 0 saturated heterocycles. The molecule has 0 aliphatic rings. The molecule has 6 heteroatoms. The summed E-state index contributed by atoms with van der Waals surface area (Å²) in [5, 5.41) is 11.5. The highest BCUT2D eigenvalue weighted by molar-refractivity contribution is 6.30. The third kappa shape index (κ3) is 4.79. The Kier molecular flexibility index (Phi) is 5.63. The van der Waals surface area contributed by atoms with E-state index in [1.54, 1.807) is 13.2 Å². The van der Waals surface area contributed by atoms with Crippen LogP contribution in [0.5, 0.6) is 0 Å². The molecule has 0 fully saturated rings. The minimum absolute atomic E-state index is 0.692. The van der Waals surface area contributed by atoms with Crippen LogP contribution in [0.2, 0.25) is 5.02 Å². The number of rotatable bonds is 5. The van der Waals surface area contributed by atoms with Crippen molar-refractivity contribution in [2.75, 3.05) is 13.6 Å². The van der Waals surface area contributed by atoms with Gasteiger partial charge in [0.15, 0.2) is 5.96 Å². The second-order valence-corrected chi connectivity index (χ2v) is 5.11. The summed E-state index contributed by atoms with van der Waals surface area (Å²) in [6, 6.07) is 9.87. The topological polar surface area (TPSA) is 54.2 Å². The molecule has 1 heterocycles. The maximum Gasteiger partial charge on any atom is 0.191 e. The van der Waals surface area contributed by atoms with E-state index in [2.05, 4.69) is 20.7 Å². The SMILES string of the molecule is CN=C(NCCc1ccc(Cl)cc1)NCc1ccnn1C. The molecule has 2 aromatic rings. The molecule has 0 radical (unpaired) electrons. The normalized spacial score (nSPS) is 11.5. The van der Waals surface area contributed by atoms with Crippen molar-refractivity contribution in [3.05, 3.63) is 52.8 Å². The van der Waals surface area contributed by atoms with Crippen LogP contribution in [0.4, 0.5) is 0 Å². The molecule has 0 bridgehead atoms. The zero-order valence-electron chi connectivity index (χ0n) is 12.3. The number of nitrogens with one attached hydrogen (secondary N) is 2. The molecule has 2 rings (SSSR count). The molecule has 0 spiro atoms. The average molecular weight is 306 g/mol. The minimum atomic E-state index is 0.692. The summed E-state index contributed by atoms with van der Waals surface area (Å²) in [5.41, 5.74) is 2.35. The first kappa shape index (κ1) is 15.4. The van der Waals surface area contributed by atoms with Crippen molar-refractivity contribution in [1.29, 1.82) is 0 Å². The maximum absolute atomic E-state index is 5.87. The fourth-order valence-corrected chi connectivity index (χ4v) is 2.07. The molecule has 0 aliphatic carbocycles. The third-order valence-electron chi connectivity index (χ3n) is 3.20. The van der Waals surface area contributed by atoms with Gasteiger partial charge in [0.2, 0.25) is 0 Å². The number of hydrogen-bond acceptors (Lipinski definition) is 2. The van der Waals surface area contributed by atoms with Gasteiger partial charge < -0.3 is 10.6 Å². The van der Waals surface area contributed by atoms with Gasteiger partial charge >= 0.3 is 0 Å². The Morgan fingerprint density at radius 3 is 2.62 bits per heavy atom. The summed E-state index contributed by atoms with van der Waals surface area (Å²) >= 11 is 5.87. The quantitative estimate of drug-likeness (QED) is 0.656. The van der Waals surface area contributed by atoms with Crippen LogP contribution in [0.25, 0.3) is 0 Å². The second-order valence-electron chi connectivity index (χ2n) is 4.68. The smallest absolute Gasteiger partial charge is 0.191 e. The van der Waals surface area contributed by atoms with Gasteiger partial charge in [-0.25, -0.2) is 0 Å². The lowest BCUT2D eigenvalue weighted by molar-refractivity contribution is 0.684. The van der Waals surface area contributed by atoms with Crippen LogP contribution in [0.1, 0.15) is 11.3 Å². The highest BCUT2D eigenvalue weighted by atomic mass is 35.5. The van der Waals surface area contributed by atoms with Gasteiger partial charge in [0, 0.05) is 31.9 Å². The largest absolute Gasteiger partial charge is 0.356 e. The predicted molar refractivity (Wildman–Crippen MR) is 86.6 cm³/mol. The molecule has 0 saturated carbocycles. The van der Waals surface area contributed by atoms with E-state index in [1.807, 2.05) is 42.1 Å². The molecule has 1 aromatic heterocycles. The van der Waals surface area contributed by atoms with Crippen LogP contribution in [-0.2, 0) is 20.0 Å². The van der Waals surface area contributed by atoms with Gasteiger partial charge in [0.1, 0.15) is 0 Å². The lowest BCUT2D eigenvalue weighted by atomic mass is 10.1. The van der Waals surface area contributed by atoms with Crippen molar-refractivity contribution in [2.24, 2.45) is 12.0 Å². The van der Waals surface area contributed by atoms with E-state index >= 15 is 0 Å². The standard InChI is InChI=1S/C15H20ClN5/c1-17-15(19-11-14-8-10-20-21(14)2)18-9-7-12-3-5-13(16)6-4-12/h3-6,8,10H,7,9,11H2,1-2H3,(H2,17,18,19). The van der Waals surface area contributed by atoms with Crippen molar-refractivity contribution < 1.29 is 0 Å². The van der Waals surface area contributed by atoms with Crippen LogP contribution in [-0.4, -0.2) is 29.3 Å². The average Bonchev–Trinajstić information content (AvgIpc) is 2.90. The van der Waals surface area contributed by atoms with Gasteiger partial charge in [-0.15, -0.1) is 0 Å². The third-order valence-corrected chi connectivity index (χ3v) is 3.45. The highest BCUT2D eigenvalue weighted by Crippen LogP contribution is 2.09. The monoisotopic (exact) mass is 305 g/mol. The van der Waals surface area contributed by atoms with Crippen LogP contribution in [0, 0.1) is 0 Å². The molecule has 112 valence electrons. The molecule has 0 aliphatic heterocycles. The molecule has 2 N–H and O–H groups in total. The number of aryl methyl sites for hydroxylation is 1. The fraction of sp³-hybridized carbons (Fsp3) is 0.333. The number of aliphatic imine (C=N–C) groups is 1. The molecule has 0 amide bonds. The molecule has 0 atom stereocenters. The number of halogens is 1. The lowest BCUT2D eigenvalue weighted by Gasteiger charge is -2.12. The Bertz CT molecular complexity index is 588. The summed E-state index contributed by atoms with van der Waals surface area (Å²) in [6.07, 6.45) is 2.71. The van der Waals surface area contributed by atoms with Crippen molar-refractivity contribution >= 4 is 17.6 Å². The maximum atomic E-state index is 5.87. The van der Waals surface area contributed by atoms with E-state index in [4.69, 9.17) is 11.6 Å². The first-order chi connectivity index (χ1) is 10.2. The van der Waals surface area contributed by atoms with Crippen molar-refractivity contribution in [3.8, 4) is 0 Å². The van der Waals surface area contributed by atoms with E-state index in [-0.39, 0.29) is 0 Å². The predicted octanol–water partition coefficient (Wildman–Crippen LogP) is 1.98. The van der Waals surface area contributed by atoms with Gasteiger partial charge in [0.05, 0.1) is 12.2 Å². The number of guanidine groups is 1. The van der Waals surface area contributed by atoms with Gasteiger partial charge in [-0.3, -0.25) is 9.67 Å². The Morgan fingerprint density at radius 1 is 1.24 bits per heavy atom. The summed E-state index contributed by atoms with van der Waals surface area (Å²) in [4.78, 5) is 4.21. The van der Waals surface area contributed by atoms with E-state index in [0.29, 0.717) is 6.54 Å². The Morgan fingerprint density at radius 2 is 2.00 bits per heavy atom. The highest BCUT2D eigenvalue weighted by Gasteiger charge is 2.01. The summed E-state index contributed by atoms with van der Waals surface area (Å²) in [6.45, 7) is 1.50. The van der Waals surface area contributed by atoms with Crippen LogP contribution in [0.15, 0.2) is 41.5 Å². The zero-order chi connectivity index (χ0) is 15.1. The molecular formula is C15H20ClN5. The Balaban J connectivity index is 1.75. The molecular weight excluding hydrogens is 286 g/mol. The number of hydrogen-bond donors (Lipinski definition) is 2. The number of benzene rings is 1. The van der Waals surface area contributed by atoms with Crippen molar-refractivity contribution in [3.63, 3.8) is 0 Å². The van der Waals surface area contributed by atoms with E-state index in [1.165, 1.54) is 5.56 Å².